The SMILES string of the molecule is Cl.NC1CCC2CN(C(=O)CNC(=O)c3cccnc3)CC12. The Morgan fingerprint density at radius 2 is 2.18 bits per heavy atom. The first-order chi connectivity index (χ1) is 10.1. The van der Waals surface area contributed by atoms with Crippen molar-refractivity contribution in [2.24, 2.45) is 17.6 Å². The molecule has 0 radical (unpaired) electrons. The van der Waals surface area contributed by atoms with Crippen LogP contribution < -0.4 is 11.1 Å². The van der Waals surface area contributed by atoms with Gasteiger partial charge in [-0.1, -0.05) is 0 Å². The number of pyridine rings is 1. The van der Waals surface area contributed by atoms with Crippen LogP contribution >= 0.6 is 12.4 Å². The number of halogens is 1. The number of carbonyl (C=O) groups excluding carboxylic acids is 2. The van der Waals surface area contributed by atoms with Gasteiger partial charge in [0.05, 0.1) is 12.1 Å². The monoisotopic (exact) mass is 324 g/mol. The van der Waals surface area contributed by atoms with Crippen molar-refractivity contribution in [3.05, 3.63) is 30.1 Å². The molecule has 2 fully saturated rings. The fourth-order valence-corrected chi connectivity index (χ4v) is 3.38. The van der Waals surface area contributed by atoms with Crippen LogP contribution in [0.1, 0.15) is 23.2 Å². The molecule has 2 aliphatic rings. The molecule has 3 rings (SSSR count). The minimum atomic E-state index is -0.271. The van der Waals surface area contributed by atoms with Gasteiger partial charge in [-0.25, -0.2) is 0 Å². The number of carbonyl (C=O) groups is 2. The van der Waals surface area contributed by atoms with E-state index in [1.807, 2.05) is 4.90 Å². The highest BCUT2D eigenvalue weighted by Gasteiger charge is 2.42. The first-order valence-electron chi connectivity index (χ1n) is 7.36. The number of aromatic nitrogens is 1. The van der Waals surface area contributed by atoms with Crippen molar-refractivity contribution in [1.29, 1.82) is 0 Å². The van der Waals surface area contributed by atoms with Crippen LogP contribution in [0.3, 0.4) is 0 Å². The summed E-state index contributed by atoms with van der Waals surface area (Å²) in [4.78, 5) is 29.8. The van der Waals surface area contributed by atoms with Crippen molar-refractivity contribution in [2.75, 3.05) is 19.6 Å². The largest absolute Gasteiger partial charge is 0.343 e. The number of hydrogen-bond donors (Lipinski definition) is 2. The van der Waals surface area contributed by atoms with Crippen LogP contribution in [0.4, 0.5) is 0 Å². The Kier molecular flexibility index (Phi) is 5.37. The van der Waals surface area contributed by atoms with Gasteiger partial charge in [0, 0.05) is 31.5 Å². The number of fused-ring (bicyclic) bond motifs is 1. The van der Waals surface area contributed by atoms with Crippen LogP contribution in [-0.2, 0) is 4.79 Å². The van der Waals surface area contributed by atoms with E-state index >= 15 is 0 Å². The summed E-state index contributed by atoms with van der Waals surface area (Å²) in [6.07, 6.45) is 5.26. The first kappa shape index (κ1) is 16.7. The summed E-state index contributed by atoms with van der Waals surface area (Å²) in [5.41, 5.74) is 6.53. The van der Waals surface area contributed by atoms with Gasteiger partial charge in [0.1, 0.15) is 0 Å². The lowest BCUT2D eigenvalue weighted by Gasteiger charge is -2.19. The summed E-state index contributed by atoms with van der Waals surface area (Å²) in [6.45, 7) is 1.54. The molecule has 1 aromatic heterocycles. The predicted molar refractivity (Wildman–Crippen MR) is 84.6 cm³/mol. The zero-order valence-electron chi connectivity index (χ0n) is 12.3. The number of hydrogen-bond acceptors (Lipinski definition) is 4. The average Bonchev–Trinajstić information content (AvgIpc) is 3.08. The van der Waals surface area contributed by atoms with Crippen LogP contribution in [0, 0.1) is 11.8 Å². The van der Waals surface area contributed by atoms with Crippen LogP contribution in [0.5, 0.6) is 0 Å². The molecule has 6 nitrogen and oxygen atoms in total. The molecule has 1 aliphatic carbocycles. The van der Waals surface area contributed by atoms with Gasteiger partial charge in [-0.2, -0.15) is 0 Å². The van der Waals surface area contributed by atoms with Crippen molar-refractivity contribution in [3.63, 3.8) is 0 Å². The molecule has 3 N–H and O–H groups in total. The van der Waals surface area contributed by atoms with Crippen LogP contribution in [0.25, 0.3) is 0 Å². The smallest absolute Gasteiger partial charge is 0.253 e. The molecule has 3 atom stereocenters. The molecule has 1 saturated carbocycles. The lowest BCUT2D eigenvalue weighted by atomic mass is 9.98. The van der Waals surface area contributed by atoms with Crippen molar-refractivity contribution >= 4 is 24.2 Å². The summed E-state index contributed by atoms with van der Waals surface area (Å²) >= 11 is 0. The second kappa shape index (κ2) is 7.07. The minimum absolute atomic E-state index is 0. The normalized spacial score (nSPS) is 26.2. The molecule has 2 amide bonds. The van der Waals surface area contributed by atoms with E-state index in [0.717, 1.165) is 25.9 Å². The van der Waals surface area contributed by atoms with Gasteiger partial charge in [-0.3, -0.25) is 14.6 Å². The van der Waals surface area contributed by atoms with Crippen LogP contribution in [-0.4, -0.2) is 47.4 Å². The average molecular weight is 325 g/mol. The highest BCUT2D eigenvalue weighted by molar-refractivity contribution is 5.96. The van der Waals surface area contributed by atoms with Crippen molar-refractivity contribution in [3.8, 4) is 0 Å². The Morgan fingerprint density at radius 3 is 2.86 bits per heavy atom. The molecule has 1 aromatic rings. The molecule has 2 heterocycles. The number of rotatable bonds is 3. The van der Waals surface area contributed by atoms with Gasteiger partial charge < -0.3 is 16.0 Å². The highest BCUT2D eigenvalue weighted by Crippen LogP contribution is 2.36. The third kappa shape index (κ3) is 3.39. The fourth-order valence-electron chi connectivity index (χ4n) is 3.38. The Bertz CT molecular complexity index is 540. The van der Waals surface area contributed by atoms with Gasteiger partial charge in [0.15, 0.2) is 0 Å². The number of amides is 2. The minimum Gasteiger partial charge on any atom is -0.343 e. The molecule has 22 heavy (non-hydrogen) atoms. The first-order valence-corrected chi connectivity index (χ1v) is 7.36. The molecular formula is C15H21ClN4O2. The molecule has 0 bridgehead atoms. The Balaban J connectivity index is 0.00000176. The third-order valence-corrected chi connectivity index (χ3v) is 4.59. The van der Waals surface area contributed by atoms with Crippen molar-refractivity contribution < 1.29 is 9.59 Å². The van der Waals surface area contributed by atoms with Crippen LogP contribution in [0.2, 0.25) is 0 Å². The van der Waals surface area contributed by atoms with Crippen LogP contribution in [0.15, 0.2) is 24.5 Å². The molecule has 0 spiro atoms. The lowest BCUT2D eigenvalue weighted by molar-refractivity contribution is -0.129. The Labute approximate surface area is 135 Å². The van der Waals surface area contributed by atoms with E-state index in [1.54, 1.807) is 18.3 Å². The molecule has 1 aliphatic heterocycles. The maximum atomic E-state index is 12.2. The maximum absolute atomic E-state index is 12.2. The molecule has 7 heteroatoms. The van der Waals surface area contributed by atoms with E-state index in [-0.39, 0.29) is 36.8 Å². The summed E-state index contributed by atoms with van der Waals surface area (Å²) in [7, 11) is 0. The summed E-state index contributed by atoms with van der Waals surface area (Å²) in [5.74, 6) is 0.669. The zero-order valence-corrected chi connectivity index (χ0v) is 13.1. The summed E-state index contributed by atoms with van der Waals surface area (Å²) in [6, 6.07) is 3.59. The van der Waals surface area contributed by atoms with E-state index in [1.165, 1.54) is 6.20 Å². The van der Waals surface area contributed by atoms with Gasteiger partial charge >= 0.3 is 0 Å². The maximum Gasteiger partial charge on any atom is 0.253 e. The highest BCUT2D eigenvalue weighted by atomic mass is 35.5. The zero-order chi connectivity index (χ0) is 14.8. The van der Waals surface area contributed by atoms with Crippen molar-refractivity contribution in [1.82, 2.24) is 15.2 Å². The number of likely N-dealkylation sites (tertiary alicyclic amines) is 1. The van der Waals surface area contributed by atoms with E-state index in [0.29, 0.717) is 17.4 Å². The number of nitrogens with zero attached hydrogens (tertiary/aromatic N) is 2. The Hall–Kier alpha value is -1.66. The number of nitrogens with one attached hydrogen (secondary N) is 1. The second-order valence-corrected chi connectivity index (χ2v) is 5.89. The topological polar surface area (TPSA) is 88.3 Å². The summed E-state index contributed by atoms with van der Waals surface area (Å²) < 4.78 is 0. The fraction of sp³-hybridized carbons (Fsp3) is 0.533. The summed E-state index contributed by atoms with van der Waals surface area (Å²) in [5, 5.41) is 2.65. The Morgan fingerprint density at radius 1 is 1.36 bits per heavy atom. The van der Waals surface area contributed by atoms with E-state index < -0.39 is 0 Å². The van der Waals surface area contributed by atoms with E-state index in [4.69, 9.17) is 5.73 Å². The van der Waals surface area contributed by atoms with Gasteiger partial charge in [0.2, 0.25) is 5.91 Å². The molecule has 120 valence electrons. The van der Waals surface area contributed by atoms with E-state index in [9.17, 15) is 9.59 Å². The number of nitrogens with two attached hydrogens (primary N) is 1. The van der Waals surface area contributed by atoms with E-state index in [2.05, 4.69) is 10.3 Å². The quantitative estimate of drug-likeness (QED) is 0.844. The van der Waals surface area contributed by atoms with Gasteiger partial charge in [0.25, 0.3) is 5.91 Å². The molecular weight excluding hydrogens is 304 g/mol. The molecule has 1 saturated heterocycles. The predicted octanol–water partition coefficient (Wildman–Crippen LogP) is 0.429. The second-order valence-electron chi connectivity index (χ2n) is 5.89. The standard InChI is InChI=1S/C15H20N4O2.ClH/c16-13-4-3-11-8-19(9-12(11)13)14(20)7-18-15(21)10-2-1-5-17-6-10;/h1-2,5-6,11-13H,3-4,7-9,16H2,(H,18,21);1H. The molecule has 0 aromatic carbocycles. The molecule has 3 unspecified atom stereocenters. The van der Waals surface area contributed by atoms with Gasteiger partial charge in [-0.15, -0.1) is 12.4 Å². The van der Waals surface area contributed by atoms with Gasteiger partial charge in [-0.05, 0) is 36.8 Å². The third-order valence-electron chi connectivity index (χ3n) is 4.59. The van der Waals surface area contributed by atoms with Crippen molar-refractivity contribution in [2.45, 2.75) is 18.9 Å². The lowest BCUT2D eigenvalue weighted by Crippen LogP contribution is -2.40.